The highest BCUT2D eigenvalue weighted by Crippen LogP contribution is 2.25. The molecule has 0 unspecified atom stereocenters. The lowest BCUT2D eigenvalue weighted by Crippen LogP contribution is -2.15. The molecule has 1 heterocycles. The lowest BCUT2D eigenvalue weighted by molar-refractivity contribution is 0.102. The summed E-state index contributed by atoms with van der Waals surface area (Å²) in [6.07, 6.45) is 1.59. The molecule has 21 heavy (non-hydrogen) atoms. The smallest absolute Gasteiger partial charge is 0.274 e. The van der Waals surface area contributed by atoms with Crippen LogP contribution in [0.5, 0.6) is 0 Å². The number of anilines is 2. The molecule has 0 saturated carbocycles. The van der Waals surface area contributed by atoms with Crippen LogP contribution in [-0.4, -0.2) is 16.9 Å². The minimum Gasteiger partial charge on any atom is -0.383 e. The van der Waals surface area contributed by atoms with Crippen molar-refractivity contribution in [1.82, 2.24) is 4.98 Å². The van der Waals surface area contributed by atoms with Gasteiger partial charge in [0, 0.05) is 23.6 Å². The highest BCUT2D eigenvalue weighted by atomic mass is 35.5. The molecule has 2 aromatic rings. The van der Waals surface area contributed by atoms with E-state index in [4.69, 9.17) is 23.2 Å². The Bertz CT molecular complexity index is 659. The second-order valence-corrected chi connectivity index (χ2v) is 5.63. The molecule has 6 heteroatoms. The van der Waals surface area contributed by atoms with Gasteiger partial charge in [0.25, 0.3) is 5.91 Å². The van der Waals surface area contributed by atoms with Crippen molar-refractivity contribution in [3.63, 3.8) is 0 Å². The molecule has 1 amide bonds. The average molecular weight is 324 g/mol. The van der Waals surface area contributed by atoms with Crippen LogP contribution in [0.25, 0.3) is 0 Å². The van der Waals surface area contributed by atoms with Crippen molar-refractivity contribution >= 4 is 40.5 Å². The summed E-state index contributed by atoms with van der Waals surface area (Å²) in [5.74, 6) is -0.305. The lowest BCUT2D eigenvalue weighted by Gasteiger charge is -2.11. The van der Waals surface area contributed by atoms with Crippen LogP contribution in [0.1, 0.15) is 24.3 Å². The quantitative estimate of drug-likeness (QED) is 0.873. The third-order valence-electron chi connectivity index (χ3n) is 2.63. The molecule has 0 aliphatic heterocycles. The van der Waals surface area contributed by atoms with Gasteiger partial charge in [-0.15, -0.1) is 0 Å². The molecule has 0 saturated heterocycles. The van der Waals surface area contributed by atoms with Gasteiger partial charge in [0.05, 0.1) is 10.0 Å². The number of hydrogen-bond donors (Lipinski definition) is 2. The van der Waals surface area contributed by atoms with Gasteiger partial charge in [0.15, 0.2) is 0 Å². The number of nitrogens with zero attached hydrogens (tertiary/aromatic N) is 1. The fourth-order valence-corrected chi connectivity index (χ4v) is 2.04. The number of carbonyl (C=O) groups excluding carboxylic acids is 1. The first-order chi connectivity index (χ1) is 9.95. The van der Waals surface area contributed by atoms with Gasteiger partial charge >= 0.3 is 0 Å². The maximum absolute atomic E-state index is 12.2. The number of amides is 1. The van der Waals surface area contributed by atoms with Gasteiger partial charge in [-0.2, -0.15) is 0 Å². The minimum atomic E-state index is -0.305. The van der Waals surface area contributed by atoms with Crippen LogP contribution in [-0.2, 0) is 0 Å². The Morgan fingerprint density at radius 1 is 1.10 bits per heavy atom. The molecule has 0 fully saturated rings. The third-order valence-corrected chi connectivity index (χ3v) is 3.36. The molecule has 0 aliphatic carbocycles. The maximum atomic E-state index is 12.2. The molecular formula is C15H15Cl2N3O. The monoisotopic (exact) mass is 323 g/mol. The van der Waals surface area contributed by atoms with Crippen LogP contribution >= 0.6 is 23.2 Å². The molecular weight excluding hydrogens is 309 g/mol. The Hall–Kier alpha value is -1.78. The van der Waals surface area contributed by atoms with E-state index in [-0.39, 0.29) is 11.9 Å². The Labute approximate surface area is 133 Å². The van der Waals surface area contributed by atoms with Crippen LogP contribution in [0.4, 0.5) is 11.4 Å². The van der Waals surface area contributed by atoms with Gasteiger partial charge < -0.3 is 10.6 Å². The Morgan fingerprint density at radius 2 is 1.86 bits per heavy atom. The van der Waals surface area contributed by atoms with Crippen molar-refractivity contribution in [2.24, 2.45) is 0 Å². The normalized spacial score (nSPS) is 10.5. The van der Waals surface area contributed by atoms with Crippen LogP contribution < -0.4 is 10.6 Å². The van der Waals surface area contributed by atoms with E-state index in [9.17, 15) is 4.79 Å². The number of rotatable bonds is 4. The van der Waals surface area contributed by atoms with Crippen molar-refractivity contribution in [3.05, 3.63) is 52.3 Å². The fourth-order valence-electron chi connectivity index (χ4n) is 1.75. The Morgan fingerprint density at radius 3 is 2.52 bits per heavy atom. The number of benzene rings is 1. The summed E-state index contributed by atoms with van der Waals surface area (Å²) in [4.78, 5) is 16.2. The number of hydrogen-bond acceptors (Lipinski definition) is 3. The zero-order valence-electron chi connectivity index (χ0n) is 11.7. The standard InChI is InChI=1S/C15H15Cl2N3O/c1-9(2)19-11-5-6-18-14(8-11)15(21)20-10-3-4-12(16)13(17)7-10/h3-9H,1-2H3,(H,18,19)(H,20,21). The van der Waals surface area contributed by atoms with Gasteiger partial charge in [-0.1, -0.05) is 23.2 Å². The summed E-state index contributed by atoms with van der Waals surface area (Å²) in [6.45, 7) is 4.05. The summed E-state index contributed by atoms with van der Waals surface area (Å²) in [6, 6.07) is 8.70. The largest absolute Gasteiger partial charge is 0.383 e. The van der Waals surface area contributed by atoms with Crippen molar-refractivity contribution < 1.29 is 4.79 Å². The molecule has 4 nitrogen and oxygen atoms in total. The Balaban J connectivity index is 2.14. The van der Waals surface area contributed by atoms with E-state index in [1.165, 1.54) is 0 Å². The minimum absolute atomic E-state index is 0.276. The van der Waals surface area contributed by atoms with Crippen LogP contribution in [0.15, 0.2) is 36.5 Å². The zero-order valence-corrected chi connectivity index (χ0v) is 13.2. The van der Waals surface area contributed by atoms with Gasteiger partial charge in [0.1, 0.15) is 5.69 Å². The number of aromatic nitrogens is 1. The SMILES string of the molecule is CC(C)Nc1ccnc(C(=O)Nc2ccc(Cl)c(Cl)c2)c1. The van der Waals surface area contributed by atoms with Gasteiger partial charge in [-0.25, -0.2) is 0 Å². The molecule has 1 aromatic heterocycles. The zero-order chi connectivity index (χ0) is 15.4. The van der Waals surface area contributed by atoms with Crippen LogP contribution in [0.3, 0.4) is 0 Å². The summed E-state index contributed by atoms with van der Waals surface area (Å²) in [5.41, 5.74) is 1.74. The van der Waals surface area contributed by atoms with E-state index in [0.717, 1.165) is 5.69 Å². The number of halogens is 2. The van der Waals surface area contributed by atoms with E-state index in [2.05, 4.69) is 15.6 Å². The first-order valence-corrected chi connectivity index (χ1v) is 7.20. The molecule has 0 aliphatic rings. The molecule has 2 rings (SSSR count). The molecule has 1 aromatic carbocycles. The van der Waals surface area contributed by atoms with Gasteiger partial charge in [0.2, 0.25) is 0 Å². The first kappa shape index (κ1) is 15.6. The van der Waals surface area contributed by atoms with Crippen LogP contribution in [0.2, 0.25) is 10.0 Å². The highest BCUT2D eigenvalue weighted by molar-refractivity contribution is 6.42. The average Bonchev–Trinajstić information content (AvgIpc) is 2.42. The second kappa shape index (κ2) is 6.78. The first-order valence-electron chi connectivity index (χ1n) is 6.44. The Kier molecular flexibility index (Phi) is 5.04. The fraction of sp³-hybridized carbons (Fsp3) is 0.200. The highest BCUT2D eigenvalue weighted by Gasteiger charge is 2.10. The van der Waals surface area contributed by atoms with Gasteiger partial charge in [-0.05, 0) is 44.2 Å². The van der Waals surface area contributed by atoms with Crippen LogP contribution in [0, 0.1) is 0 Å². The van der Waals surface area contributed by atoms with E-state index >= 15 is 0 Å². The molecule has 0 spiro atoms. The van der Waals surface area contributed by atoms with Crippen molar-refractivity contribution in [2.45, 2.75) is 19.9 Å². The van der Waals surface area contributed by atoms with Gasteiger partial charge in [-0.3, -0.25) is 9.78 Å². The predicted molar refractivity (Wildman–Crippen MR) is 87.4 cm³/mol. The van der Waals surface area contributed by atoms with E-state index in [0.29, 0.717) is 21.4 Å². The van der Waals surface area contributed by atoms with E-state index < -0.39 is 0 Å². The van der Waals surface area contributed by atoms with Crippen molar-refractivity contribution in [1.29, 1.82) is 0 Å². The maximum Gasteiger partial charge on any atom is 0.274 e. The molecule has 0 radical (unpaired) electrons. The van der Waals surface area contributed by atoms with Crippen molar-refractivity contribution in [3.8, 4) is 0 Å². The topological polar surface area (TPSA) is 54.0 Å². The second-order valence-electron chi connectivity index (χ2n) is 4.81. The number of nitrogens with one attached hydrogen (secondary N) is 2. The predicted octanol–water partition coefficient (Wildman–Crippen LogP) is 4.46. The van der Waals surface area contributed by atoms with E-state index in [1.54, 1.807) is 30.5 Å². The molecule has 2 N–H and O–H groups in total. The molecule has 0 bridgehead atoms. The number of pyridine rings is 1. The number of carbonyl (C=O) groups is 1. The molecule has 110 valence electrons. The molecule has 0 atom stereocenters. The van der Waals surface area contributed by atoms with E-state index in [1.807, 2.05) is 19.9 Å². The third kappa shape index (κ3) is 4.34. The summed E-state index contributed by atoms with van der Waals surface area (Å²) in [5, 5.41) is 6.78. The summed E-state index contributed by atoms with van der Waals surface area (Å²) >= 11 is 11.8. The lowest BCUT2D eigenvalue weighted by atomic mass is 10.2. The summed E-state index contributed by atoms with van der Waals surface area (Å²) in [7, 11) is 0. The summed E-state index contributed by atoms with van der Waals surface area (Å²) < 4.78 is 0. The van der Waals surface area contributed by atoms with Crippen molar-refractivity contribution in [2.75, 3.05) is 10.6 Å².